The van der Waals surface area contributed by atoms with Crippen LogP contribution >= 0.6 is 0 Å². The molecule has 0 saturated carbocycles. The first-order valence-electron chi connectivity index (χ1n) is 5.95. The second-order valence-electron chi connectivity index (χ2n) is 3.92. The molecule has 17 heavy (non-hydrogen) atoms. The van der Waals surface area contributed by atoms with E-state index in [0.717, 1.165) is 12.3 Å². The standard InChI is InChI=1S/C14H18N2O/c1-3-17-10-13(15-2)14-12-7-5-4-6-11(12)8-9-16-14/h4-9,13,15H,3,10H2,1-2H3. The van der Waals surface area contributed by atoms with E-state index in [1.165, 1.54) is 10.8 Å². The van der Waals surface area contributed by atoms with Crippen molar-refractivity contribution < 1.29 is 4.74 Å². The van der Waals surface area contributed by atoms with Crippen LogP contribution in [0.4, 0.5) is 0 Å². The molecule has 1 aromatic heterocycles. The third-order valence-corrected chi connectivity index (χ3v) is 2.87. The van der Waals surface area contributed by atoms with Gasteiger partial charge in [0.15, 0.2) is 0 Å². The van der Waals surface area contributed by atoms with Crippen LogP contribution in [-0.4, -0.2) is 25.2 Å². The van der Waals surface area contributed by atoms with Gasteiger partial charge in [0.05, 0.1) is 18.3 Å². The minimum absolute atomic E-state index is 0.140. The van der Waals surface area contributed by atoms with Crippen LogP contribution in [0.2, 0.25) is 0 Å². The van der Waals surface area contributed by atoms with Crippen molar-refractivity contribution in [2.75, 3.05) is 20.3 Å². The predicted molar refractivity (Wildman–Crippen MR) is 70.0 cm³/mol. The van der Waals surface area contributed by atoms with Gasteiger partial charge in [0.1, 0.15) is 0 Å². The molecule has 0 aliphatic heterocycles. The highest BCUT2D eigenvalue weighted by Gasteiger charge is 2.13. The molecular weight excluding hydrogens is 212 g/mol. The number of aromatic nitrogens is 1. The first kappa shape index (κ1) is 12.0. The molecule has 1 N–H and O–H groups in total. The van der Waals surface area contributed by atoms with Gasteiger partial charge in [0, 0.05) is 18.2 Å². The van der Waals surface area contributed by atoms with Crippen LogP contribution in [0, 0.1) is 0 Å². The molecule has 1 unspecified atom stereocenters. The van der Waals surface area contributed by atoms with E-state index in [1.54, 1.807) is 0 Å². The molecule has 1 heterocycles. The Balaban J connectivity index is 2.38. The molecule has 0 bridgehead atoms. The lowest BCUT2D eigenvalue weighted by Gasteiger charge is -2.17. The molecule has 2 aromatic rings. The monoisotopic (exact) mass is 230 g/mol. The van der Waals surface area contributed by atoms with Crippen LogP contribution in [0.3, 0.4) is 0 Å². The number of hydrogen-bond acceptors (Lipinski definition) is 3. The first-order valence-corrected chi connectivity index (χ1v) is 5.95. The third kappa shape index (κ3) is 2.62. The van der Waals surface area contributed by atoms with Gasteiger partial charge in [-0.15, -0.1) is 0 Å². The van der Waals surface area contributed by atoms with Crippen molar-refractivity contribution in [3.05, 3.63) is 42.2 Å². The highest BCUT2D eigenvalue weighted by Crippen LogP contribution is 2.21. The fourth-order valence-corrected chi connectivity index (χ4v) is 1.96. The zero-order chi connectivity index (χ0) is 12.1. The molecule has 0 aliphatic carbocycles. The summed E-state index contributed by atoms with van der Waals surface area (Å²) < 4.78 is 5.49. The predicted octanol–water partition coefficient (Wildman–Crippen LogP) is 2.53. The summed E-state index contributed by atoms with van der Waals surface area (Å²) in [4.78, 5) is 4.49. The van der Waals surface area contributed by atoms with Crippen molar-refractivity contribution in [3.63, 3.8) is 0 Å². The van der Waals surface area contributed by atoms with Gasteiger partial charge in [-0.25, -0.2) is 0 Å². The maximum Gasteiger partial charge on any atom is 0.0736 e. The average molecular weight is 230 g/mol. The summed E-state index contributed by atoms with van der Waals surface area (Å²) >= 11 is 0. The summed E-state index contributed by atoms with van der Waals surface area (Å²) in [5.74, 6) is 0. The number of ether oxygens (including phenoxy) is 1. The Morgan fingerprint density at radius 1 is 1.29 bits per heavy atom. The molecule has 0 saturated heterocycles. The molecule has 0 fully saturated rings. The van der Waals surface area contributed by atoms with Crippen LogP contribution < -0.4 is 5.32 Å². The number of nitrogens with one attached hydrogen (secondary N) is 1. The van der Waals surface area contributed by atoms with Gasteiger partial charge in [0.2, 0.25) is 0 Å². The molecule has 3 nitrogen and oxygen atoms in total. The van der Waals surface area contributed by atoms with E-state index in [1.807, 2.05) is 38.4 Å². The van der Waals surface area contributed by atoms with Gasteiger partial charge in [-0.1, -0.05) is 24.3 Å². The number of pyridine rings is 1. The fraction of sp³-hybridized carbons (Fsp3) is 0.357. The van der Waals surface area contributed by atoms with Gasteiger partial charge < -0.3 is 10.1 Å². The molecule has 0 radical (unpaired) electrons. The van der Waals surface area contributed by atoms with Gasteiger partial charge >= 0.3 is 0 Å². The first-order chi connectivity index (χ1) is 8.36. The maximum absolute atomic E-state index is 5.49. The van der Waals surface area contributed by atoms with Gasteiger partial charge in [-0.2, -0.15) is 0 Å². The van der Waals surface area contributed by atoms with Crippen molar-refractivity contribution >= 4 is 10.8 Å². The Kier molecular flexibility index (Phi) is 4.07. The smallest absolute Gasteiger partial charge is 0.0736 e. The lowest BCUT2D eigenvalue weighted by Crippen LogP contribution is -2.23. The molecule has 1 aromatic carbocycles. The van der Waals surface area contributed by atoms with Gasteiger partial charge in [-0.05, 0) is 25.4 Å². The van der Waals surface area contributed by atoms with Crippen molar-refractivity contribution in [1.82, 2.24) is 10.3 Å². The third-order valence-electron chi connectivity index (χ3n) is 2.87. The summed E-state index contributed by atoms with van der Waals surface area (Å²) in [6.45, 7) is 3.38. The lowest BCUT2D eigenvalue weighted by molar-refractivity contribution is 0.124. The number of likely N-dealkylation sites (N-methyl/N-ethyl adjacent to an activating group) is 1. The highest BCUT2D eigenvalue weighted by molar-refractivity contribution is 5.84. The molecular formula is C14H18N2O. The summed E-state index contributed by atoms with van der Waals surface area (Å²) in [5, 5.41) is 5.66. The van der Waals surface area contributed by atoms with E-state index in [9.17, 15) is 0 Å². The Morgan fingerprint density at radius 3 is 2.88 bits per heavy atom. The molecule has 0 amide bonds. The summed E-state index contributed by atoms with van der Waals surface area (Å²) in [6.07, 6.45) is 1.86. The second kappa shape index (κ2) is 5.75. The van der Waals surface area contributed by atoms with Crippen molar-refractivity contribution in [3.8, 4) is 0 Å². The molecule has 2 rings (SSSR count). The van der Waals surface area contributed by atoms with Crippen LogP contribution in [0.25, 0.3) is 10.8 Å². The van der Waals surface area contributed by atoms with E-state index in [-0.39, 0.29) is 6.04 Å². The summed E-state index contributed by atoms with van der Waals surface area (Å²) in [5.41, 5.74) is 1.05. The summed E-state index contributed by atoms with van der Waals surface area (Å²) in [6, 6.07) is 10.5. The fourth-order valence-electron chi connectivity index (χ4n) is 1.96. The molecule has 0 aliphatic rings. The van der Waals surface area contributed by atoms with Crippen LogP contribution in [-0.2, 0) is 4.74 Å². The highest BCUT2D eigenvalue weighted by atomic mass is 16.5. The zero-order valence-electron chi connectivity index (χ0n) is 10.3. The quantitative estimate of drug-likeness (QED) is 0.857. The number of hydrogen-bond donors (Lipinski definition) is 1. The van der Waals surface area contributed by atoms with E-state index in [4.69, 9.17) is 4.74 Å². The minimum atomic E-state index is 0.140. The number of fused-ring (bicyclic) bond motifs is 1. The molecule has 1 atom stereocenters. The number of nitrogens with zero attached hydrogens (tertiary/aromatic N) is 1. The molecule has 0 spiro atoms. The van der Waals surface area contributed by atoms with Crippen molar-refractivity contribution in [1.29, 1.82) is 0 Å². The molecule has 90 valence electrons. The van der Waals surface area contributed by atoms with Gasteiger partial charge in [-0.3, -0.25) is 4.98 Å². The molecule has 3 heteroatoms. The SMILES string of the molecule is CCOCC(NC)c1nccc2ccccc12. The van der Waals surface area contributed by atoms with Crippen LogP contribution in [0.15, 0.2) is 36.5 Å². The average Bonchev–Trinajstić information content (AvgIpc) is 2.40. The van der Waals surface area contributed by atoms with Crippen molar-refractivity contribution in [2.45, 2.75) is 13.0 Å². The Hall–Kier alpha value is -1.45. The van der Waals surface area contributed by atoms with E-state index < -0.39 is 0 Å². The van der Waals surface area contributed by atoms with E-state index in [2.05, 4.69) is 22.4 Å². The number of rotatable bonds is 5. The largest absolute Gasteiger partial charge is 0.380 e. The Labute approximate surface area is 102 Å². The maximum atomic E-state index is 5.49. The topological polar surface area (TPSA) is 34.1 Å². The Bertz CT molecular complexity index is 479. The van der Waals surface area contributed by atoms with Gasteiger partial charge in [0.25, 0.3) is 0 Å². The number of benzene rings is 1. The van der Waals surface area contributed by atoms with Crippen LogP contribution in [0.1, 0.15) is 18.7 Å². The van der Waals surface area contributed by atoms with Crippen molar-refractivity contribution in [2.24, 2.45) is 0 Å². The zero-order valence-corrected chi connectivity index (χ0v) is 10.3. The Morgan fingerprint density at radius 2 is 2.12 bits per heavy atom. The normalized spacial score (nSPS) is 12.8. The van der Waals surface area contributed by atoms with Crippen LogP contribution in [0.5, 0.6) is 0 Å². The minimum Gasteiger partial charge on any atom is -0.380 e. The second-order valence-corrected chi connectivity index (χ2v) is 3.92. The van der Waals surface area contributed by atoms with E-state index >= 15 is 0 Å². The van der Waals surface area contributed by atoms with E-state index in [0.29, 0.717) is 6.61 Å². The lowest BCUT2D eigenvalue weighted by atomic mass is 10.1. The summed E-state index contributed by atoms with van der Waals surface area (Å²) in [7, 11) is 1.94.